The Balaban J connectivity index is 1.50. The average molecular weight is 486 g/mol. The van der Waals surface area contributed by atoms with Crippen molar-refractivity contribution in [2.24, 2.45) is 0 Å². The average Bonchev–Trinajstić information content (AvgIpc) is 3.28. The van der Waals surface area contributed by atoms with Gasteiger partial charge in [0.15, 0.2) is 5.78 Å². The molecule has 1 unspecified atom stereocenters. The van der Waals surface area contributed by atoms with Gasteiger partial charge in [-0.2, -0.15) is 0 Å². The maximum absolute atomic E-state index is 13.4. The van der Waals surface area contributed by atoms with Crippen molar-refractivity contribution in [2.75, 3.05) is 13.2 Å². The quantitative estimate of drug-likeness (QED) is 0.205. The molecule has 186 valence electrons. The summed E-state index contributed by atoms with van der Waals surface area (Å²) < 4.78 is 13.2. The Kier molecular flexibility index (Phi) is 8.53. The predicted molar refractivity (Wildman–Crippen MR) is 139 cm³/mol. The highest BCUT2D eigenvalue weighted by Crippen LogP contribution is 2.28. The standard InChI is InChI=1S/C30H31NO5/c1-2-35-29(33)13-8-19-31-21-26(25-11-6-7-12-27(25)31)30(34)23-14-16-24(17-15-23)36-28(18-20-32)22-9-4-3-5-10-22/h3-7,9-12,14-17,21,28,32H,2,8,13,18-20H2,1H3. The van der Waals surface area contributed by atoms with Gasteiger partial charge in [0.05, 0.1) is 6.61 Å². The summed E-state index contributed by atoms with van der Waals surface area (Å²) in [7, 11) is 0. The van der Waals surface area contributed by atoms with E-state index < -0.39 is 0 Å². The smallest absolute Gasteiger partial charge is 0.305 e. The number of aromatic nitrogens is 1. The summed E-state index contributed by atoms with van der Waals surface area (Å²) in [6, 6.07) is 24.7. The number of aliphatic hydroxyl groups excluding tert-OH is 1. The van der Waals surface area contributed by atoms with E-state index in [1.807, 2.05) is 65.4 Å². The third kappa shape index (κ3) is 6.01. The van der Waals surface area contributed by atoms with E-state index >= 15 is 0 Å². The number of fused-ring (bicyclic) bond motifs is 1. The van der Waals surface area contributed by atoms with Crippen molar-refractivity contribution in [3.05, 3.63) is 102 Å². The van der Waals surface area contributed by atoms with Crippen molar-refractivity contribution in [1.82, 2.24) is 4.57 Å². The van der Waals surface area contributed by atoms with Crippen LogP contribution in [0.15, 0.2) is 85.1 Å². The fourth-order valence-electron chi connectivity index (χ4n) is 4.32. The number of hydrogen-bond donors (Lipinski definition) is 1. The first-order valence-electron chi connectivity index (χ1n) is 12.3. The number of aryl methyl sites for hydroxylation is 1. The zero-order chi connectivity index (χ0) is 25.3. The molecule has 4 rings (SSSR count). The Labute approximate surface area is 211 Å². The maximum atomic E-state index is 13.4. The molecule has 0 saturated carbocycles. The number of esters is 1. The number of benzene rings is 3. The van der Waals surface area contributed by atoms with Crippen molar-refractivity contribution in [3.8, 4) is 5.75 Å². The van der Waals surface area contributed by atoms with E-state index in [1.165, 1.54) is 0 Å². The number of rotatable bonds is 12. The summed E-state index contributed by atoms with van der Waals surface area (Å²) in [5, 5.41) is 10.3. The number of carbonyl (C=O) groups excluding carboxylic acids is 2. The van der Waals surface area contributed by atoms with Gasteiger partial charge in [0.25, 0.3) is 0 Å². The van der Waals surface area contributed by atoms with E-state index in [0.29, 0.717) is 49.3 Å². The number of para-hydroxylation sites is 1. The van der Waals surface area contributed by atoms with E-state index in [0.717, 1.165) is 16.5 Å². The van der Waals surface area contributed by atoms with Crippen LogP contribution in [0.1, 0.15) is 53.8 Å². The van der Waals surface area contributed by atoms with Crippen molar-refractivity contribution in [3.63, 3.8) is 0 Å². The van der Waals surface area contributed by atoms with Crippen LogP contribution in [0.3, 0.4) is 0 Å². The lowest BCUT2D eigenvalue weighted by atomic mass is 10.0. The Morgan fingerprint density at radius 2 is 1.67 bits per heavy atom. The second kappa shape index (κ2) is 12.2. The lowest BCUT2D eigenvalue weighted by Crippen LogP contribution is -2.10. The zero-order valence-corrected chi connectivity index (χ0v) is 20.4. The summed E-state index contributed by atoms with van der Waals surface area (Å²) in [5.41, 5.74) is 3.13. The molecule has 3 aromatic carbocycles. The first-order chi connectivity index (χ1) is 17.6. The molecule has 6 nitrogen and oxygen atoms in total. The Morgan fingerprint density at radius 1 is 0.944 bits per heavy atom. The minimum absolute atomic E-state index is 0.0139. The van der Waals surface area contributed by atoms with Gasteiger partial charge in [-0.05, 0) is 49.2 Å². The third-order valence-corrected chi connectivity index (χ3v) is 6.08. The van der Waals surface area contributed by atoms with Crippen molar-refractivity contribution in [2.45, 2.75) is 38.8 Å². The van der Waals surface area contributed by atoms with E-state index in [-0.39, 0.29) is 24.5 Å². The number of hydrogen-bond acceptors (Lipinski definition) is 5. The molecule has 0 aliphatic heterocycles. The van der Waals surface area contributed by atoms with E-state index in [9.17, 15) is 14.7 Å². The first kappa shape index (κ1) is 25.2. The van der Waals surface area contributed by atoms with Gasteiger partial charge in [0, 0.05) is 54.2 Å². The predicted octanol–water partition coefficient (Wildman–Crippen LogP) is 5.72. The van der Waals surface area contributed by atoms with Crippen molar-refractivity contribution < 1.29 is 24.2 Å². The molecular weight excluding hydrogens is 454 g/mol. The van der Waals surface area contributed by atoms with Gasteiger partial charge in [-0.1, -0.05) is 48.5 Å². The Morgan fingerprint density at radius 3 is 2.39 bits per heavy atom. The van der Waals surface area contributed by atoms with Crippen molar-refractivity contribution in [1.29, 1.82) is 0 Å². The lowest BCUT2D eigenvalue weighted by Gasteiger charge is -2.19. The molecule has 0 bridgehead atoms. The second-order valence-electron chi connectivity index (χ2n) is 8.54. The highest BCUT2D eigenvalue weighted by Gasteiger charge is 2.18. The molecule has 0 aliphatic rings. The van der Waals surface area contributed by atoms with Gasteiger partial charge < -0.3 is 19.1 Å². The molecule has 1 N–H and O–H groups in total. The molecule has 1 atom stereocenters. The minimum Gasteiger partial charge on any atom is -0.486 e. The molecule has 0 aliphatic carbocycles. The third-order valence-electron chi connectivity index (χ3n) is 6.08. The summed E-state index contributed by atoms with van der Waals surface area (Å²) in [6.07, 6.45) is 3.04. The summed E-state index contributed by atoms with van der Waals surface area (Å²) >= 11 is 0. The molecule has 6 heteroatoms. The highest BCUT2D eigenvalue weighted by molar-refractivity contribution is 6.16. The van der Waals surface area contributed by atoms with E-state index in [4.69, 9.17) is 9.47 Å². The van der Waals surface area contributed by atoms with Crippen LogP contribution in [0, 0.1) is 0 Å². The number of ether oxygens (including phenoxy) is 2. The molecule has 4 aromatic rings. The fraction of sp³-hybridized carbons (Fsp3) is 0.267. The van der Waals surface area contributed by atoms with Crippen LogP contribution in [-0.4, -0.2) is 34.6 Å². The van der Waals surface area contributed by atoms with Crippen molar-refractivity contribution >= 4 is 22.7 Å². The number of ketones is 1. The van der Waals surface area contributed by atoms with Crippen LogP contribution < -0.4 is 4.74 Å². The monoisotopic (exact) mass is 485 g/mol. The number of aliphatic hydroxyl groups is 1. The van der Waals surface area contributed by atoms with Gasteiger partial charge in [0.2, 0.25) is 0 Å². The largest absolute Gasteiger partial charge is 0.486 e. The van der Waals surface area contributed by atoms with Crippen LogP contribution in [0.4, 0.5) is 0 Å². The minimum atomic E-state index is -0.273. The first-order valence-corrected chi connectivity index (χ1v) is 12.3. The molecule has 0 saturated heterocycles. The van der Waals surface area contributed by atoms with Gasteiger partial charge in [-0.25, -0.2) is 0 Å². The normalized spacial score (nSPS) is 11.8. The van der Waals surface area contributed by atoms with Crippen LogP contribution in [0.25, 0.3) is 10.9 Å². The SMILES string of the molecule is CCOC(=O)CCCn1cc(C(=O)c2ccc(OC(CCO)c3ccccc3)cc2)c2ccccc21. The molecule has 1 aromatic heterocycles. The van der Waals surface area contributed by atoms with Crippen LogP contribution in [0.2, 0.25) is 0 Å². The highest BCUT2D eigenvalue weighted by atomic mass is 16.5. The van der Waals surface area contributed by atoms with Gasteiger partial charge in [-0.15, -0.1) is 0 Å². The van der Waals surface area contributed by atoms with Gasteiger partial charge in [-0.3, -0.25) is 9.59 Å². The van der Waals surface area contributed by atoms with Gasteiger partial charge >= 0.3 is 5.97 Å². The molecule has 0 amide bonds. The molecule has 0 radical (unpaired) electrons. The van der Waals surface area contributed by atoms with Crippen LogP contribution in [-0.2, 0) is 16.1 Å². The Bertz CT molecular complexity index is 1290. The topological polar surface area (TPSA) is 77.8 Å². The summed E-state index contributed by atoms with van der Waals surface area (Å²) in [6.45, 7) is 2.80. The summed E-state index contributed by atoms with van der Waals surface area (Å²) in [5.74, 6) is 0.355. The number of carbonyl (C=O) groups is 2. The van der Waals surface area contributed by atoms with Crippen LogP contribution >= 0.6 is 0 Å². The maximum Gasteiger partial charge on any atom is 0.305 e. The molecular formula is C30H31NO5. The van der Waals surface area contributed by atoms with Crippen LogP contribution in [0.5, 0.6) is 5.75 Å². The van der Waals surface area contributed by atoms with E-state index in [1.54, 1.807) is 31.2 Å². The fourth-order valence-corrected chi connectivity index (χ4v) is 4.32. The Hall–Kier alpha value is -3.90. The molecule has 0 spiro atoms. The second-order valence-corrected chi connectivity index (χ2v) is 8.54. The van der Waals surface area contributed by atoms with E-state index in [2.05, 4.69) is 0 Å². The summed E-state index contributed by atoms with van der Waals surface area (Å²) in [4.78, 5) is 25.1. The molecule has 1 heterocycles. The lowest BCUT2D eigenvalue weighted by molar-refractivity contribution is -0.143. The zero-order valence-electron chi connectivity index (χ0n) is 20.4. The molecule has 36 heavy (non-hydrogen) atoms. The van der Waals surface area contributed by atoms with Gasteiger partial charge in [0.1, 0.15) is 11.9 Å². The molecule has 0 fully saturated rings. The number of nitrogens with zero attached hydrogens (tertiary/aromatic N) is 1.